The molecular weight excluding hydrogens is 386 g/mol. The predicted octanol–water partition coefficient (Wildman–Crippen LogP) is 4.18. The van der Waals surface area contributed by atoms with Crippen molar-refractivity contribution >= 4 is 28.5 Å². The Morgan fingerprint density at radius 3 is 2.43 bits per heavy atom. The quantitative estimate of drug-likeness (QED) is 0.587. The van der Waals surface area contributed by atoms with Gasteiger partial charge in [-0.25, -0.2) is 0 Å². The number of anilines is 1. The minimum atomic E-state index is -0.965. The number of benzene rings is 2. The van der Waals surface area contributed by atoms with Gasteiger partial charge in [-0.15, -0.1) is 0 Å². The predicted molar refractivity (Wildman–Crippen MR) is 113 cm³/mol. The molecule has 7 nitrogen and oxygen atoms in total. The van der Waals surface area contributed by atoms with Crippen molar-refractivity contribution in [3.8, 4) is 11.5 Å². The van der Waals surface area contributed by atoms with E-state index < -0.39 is 18.0 Å². The third-order valence-electron chi connectivity index (χ3n) is 4.93. The van der Waals surface area contributed by atoms with E-state index in [0.29, 0.717) is 17.2 Å². The number of esters is 1. The maximum absolute atomic E-state index is 12.4. The molecule has 0 aliphatic heterocycles. The molecule has 3 rings (SSSR count). The normalized spacial score (nSPS) is 11.8. The number of hydrogen-bond acceptors (Lipinski definition) is 6. The summed E-state index contributed by atoms with van der Waals surface area (Å²) in [6.45, 7) is 5.53. The van der Waals surface area contributed by atoms with E-state index >= 15 is 0 Å². The molecular formula is C23H25NO6. The highest BCUT2D eigenvalue weighted by Gasteiger charge is 2.20. The van der Waals surface area contributed by atoms with E-state index in [4.69, 9.17) is 18.6 Å². The van der Waals surface area contributed by atoms with E-state index in [1.54, 1.807) is 24.5 Å². The summed E-state index contributed by atoms with van der Waals surface area (Å²) < 4.78 is 21.3. The first-order valence-electron chi connectivity index (χ1n) is 9.52. The largest absolute Gasteiger partial charge is 0.493 e. The average Bonchev–Trinajstić information content (AvgIpc) is 3.09. The van der Waals surface area contributed by atoms with Crippen LogP contribution in [0.3, 0.4) is 0 Å². The molecule has 7 heteroatoms. The molecule has 1 heterocycles. The Bertz CT molecular complexity index is 1080. The number of furan rings is 1. The molecule has 0 bridgehead atoms. The van der Waals surface area contributed by atoms with Gasteiger partial charge in [0.2, 0.25) is 0 Å². The molecule has 0 unspecified atom stereocenters. The van der Waals surface area contributed by atoms with Gasteiger partial charge in [0.15, 0.2) is 17.6 Å². The van der Waals surface area contributed by atoms with Crippen molar-refractivity contribution in [1.29, 1.82) is 0 Å². The standard InChI is InChI=1S/C23H25NO6/c1-13-8-18-16(12-29-20(18)9-14(13)2)10-22(25)30-15(3)23(26)24-17-6-7-19(27-4)21(11-17)28-5/h6-9,11-12,15H,10H2,1-5H3,(H,24,26)/t15-/m0/s1. The Balaban J connectivity index is 1.63. The fourth-order valence-electron chi connectivity index (χ4n) is 3.08. The lowest BCUT2D eigenvalue weighted by atomic mass is 10.0. The van der Waals surface area contributed by atoms with E-state index in [-0.39, 0.29) is 6.42 Å². The number of ether oxygens (including phenoxy) is 3. The highest BCUT2D eigenvalue weighted by atomic mass is 16.5. The lowest BCUT2D eigenvalue weighted by Crippen LogP contribution is -2.30. The smallest absolute Gasteiger partial charge is 0.311 e. The summed E-state index contributed by atoms with van der Waals surface area (Å²) in [5.41, 5.74) is 4.19. The van der Waals surface area contributed by atoms with Gasteiger partial charge in [-0.3, -0.25) is 9.59 Å². The van der Waals surface area contributed by atoms with Crippen LogP contribution in [0, 0.1) is 13.8 Å². The summed E-state index contributed by atoms with van der Waals surface area (Å²) in [6.07, 6.45) is 0.607. The van der Waals surface area contributed by atoms with E-state index in [0.717, 1.165) is 27.7 Å². The van der Waals surface area contributed by atoms with E-state index in [1.165, 1.54) is 21.1 Å². The van der Waals surface area contributed by atoms with Crippen LogP contribution in [0.2, 0.25) is 0 Å². The summed E-state index contributed by atoms with van der Waals surface area (Å²) in [5, 5.41) is 3.58. The van der Waals surface area contributed by atoms with Gasteiger partial charge in [-0.2, -0.15) is 0 Å². The van der Waals surface area contributed by atoms with Crippen LogP contribution in [-0.2, 0) is 20.7 Å². The molecule has 1 amide bonds. The SMILES string of the molecule is COc1ccc(NC(=O)[C@H](C)OC(=O)Cc2coc3cc(C)c(C)cc23)cc1OC. The zero-order valence-corrected chi connectivity index (χ0v) is 17.7. The number of methoxy groups -OCH3 is 2. The molecule has 0 spiro atoms. The first-order chi connectivity index (χ1) is 14.3. The molecule has 0 aliphatic rings. The molecule has 3 aromatic rings. The summed E-state index contributed by atoms with van der Waals surface area (Å²) in [5.74, 6) is 0.0787. The van der Waals surface area contributed by atoms with Crippen LogP contribution in [0.5, 0.6) is 11.5 Å². The lowest BCUT2D eigenvalue weighted by molar-refractivity contribution is -0.152. The van der Waals surface area contributed by atoms with Crippen LogP contribution in [0.1, 0.15) is 23.6 Å². The Morgan fingerprint density at radius 2 is 1.73 bits per heavy atom. The van der Waals surface area contributed by atoms with Crippen molar-refractivity contribution in [1.82, 2.24) is 0 Å². The van der Waals surface area contributed by atoms with E-state index in [2.05, 4.69) is 5.32 Å². The zero-order chi connectivity index (χ0) is 21.8. The van der Waals surface area contributed by atoms with Crippen LogP contribution in [0.4, 0.5) is 5.69 Å². The number of fused-ring (bicyclic) bond motifs is 1. The number of amides is 1. The van der Waals surface area contributed by atoms with E-state index in [9.17, 15) is 9.59 Å². The van der Waals surface area contributed by atoms with Gasteiger partial charge in [0, 0.05) is 22.7 Å². The van der Waals surface area contributed by atoms with Crippen molar-refractivity contribution in [3.63, 3.8) is 0 Å². The highest BCUT2D eigenvalue weighted by molar-refractivity contribution is 5.95. The summed E-state index contributed by atoms with van der Waals surface area (Å²) in [7, 11) is 3.04. The Labute approximate surface area is 174 Å². The summed E-state index contributed by atoms with van der Waals surface area (Å²) >= 11 is 0. The van der Waals surface area contributed by atoms with Gasteiger partial charge in [-0.05, 0) is 56.2 Å². The number of rotatable bonds is 7. The number of aryl methyl sites for hydroxylation is 2. The topological polar surface area (TPSA) is 87.0 Å². The van der Waals surface area contributed by atoms with Gasteiger partial charge in [0.05, 0.1) is 26.9 Å². The van der Waals surface area contributed by atoms with Crippen molar-refractivity contribution in [2.45, 2.75) is 33.3 Å². The third kappa shape index (κ3) is 4.56. The van der Waals surface area contributed by atoms with Crippen LogP contribution in [0.15, 0.2) is 41.0 Å². The van der Waals surface area contributed by atoms with Crippen LogP contribution in [0.25, 0.3) is 11.0 Å². The Morgan fingerprint density at radius 1 is 1.03 bits per heavy atom. The molecule has 0 saturated carbocycles. The van der Waals surface area contributed by atoms with Gasteiger partial charge in [0.1, 0.15) is 5.58 Å². The summed E-state index contributed by atoms with van der Waals surface area (Å²) in [6, 6.07) is 8.92. The maximum atomic E-state index is 12.4. The third-order valence-corrected chi connectivity index (χ3v) is 4.93. The molecule has 158 valence electrons. The maximum Gasteiger partial charge on any atom is 0.311 e. The molecule has 0 radical (unpaired) electrons. The zero-order valence-electron chi connectivity index (χ0n) is 17.7. The van der Waals surface area contributed by atoms with Gasteiger partial charge in [0.25, 0.3) is 5.91 Å². The van der Waals surface area contributed by atoms with E-state index in [1.807, 2.05) is 26.0 Å². The van der Waals surface area contributed by atoms with Gasteiger partial charge >= 0.3 is 5.97 Å². The highest BCUT2D eigenvalue weighted by Crippen LogP contribution is 2.30. The number of carbonyl (C=O) groups is 2. The fraction of sp³-hybridized carbons (Fsp3) is 0.304. The fourth-order valence-corrected chi connectivity index (χ4v) is 3.08. The second-order valence-electron chi connectivity index (χ2n) is 7.06. The van der Waals surface area contributed by atoms with Crippen molar-refractivity contribution in [3.05, 3.63) is 53.3 Å². The van der Waals surface area contributed by atoms with Gasteiger partial charge < -0.3 is 23.9 Å². The molecule has 0 aliphatic carbocycles. The molecule has 30 heavy (non-hydrogen) atoms. The van der Waals surface area contributed by atoms with Crippen molar-refractivity contribution in [2.75, 3.05) is 19.5 Å². The molecule has 0 fully saturated rings. The number of hydrogen-bond donors (Lipinski definition) is 1. The van der Waals surface area contributed by atoms with Gasteiger partial charge in [-0.1, -0.05) is 0 Å². The summed E-state index contributed by atoms with van der Waals surface area (Å²) in [4.78, 5) is 24.8. The Hall–Kier alpha value is -3.48. The molecule has 1 aromatic heterocycles. The molecule has 2 aromatic carbocycles. The number of nitrogens with one attached hydrogen (secondary N) is 1. The first-order valence-corrected chi connectivity index (χ1v) is 9.52. The number of carbonyl (C=O) groups excluding carboxylic acids is 2. The molecule has 1 N–H and O–H groups in total. The first kappa shape index (κ1) is 21.2. The van der Waals surface area contributed by atoms with Crippen molar-refractivity contribution in [2.24, 2.45) is 0 Å². The Kier molecular flexibility index (Phi) is 6.30. The minimum Gasteiger partial charge on any atom is -0.493 e. The average molecular weight is 411 g/mol. The van der Waals surface area contributed by atoms with Crippen molar-refractivity contribution < 1.29 is 28.2 Å². The lowest BCUT2D eigenvalue weighted by Gasteiger charge is -2.15. The van der Waals surface area contributed by atoms with Crippen LogP contribution < -0.4 is 14.8 Å². The van der Waals surface area contributed by atoms with Crippen LogP contribution in [-0.4, -0.2) is 32.2 Å². The second-order valence-corrected chi connectivity index (χ2v) is 7.06. The minimum absolute atomic E-state index is 0.0173. The van der Waals surface area contributed by atoms with Crippen LogP contribution >= 0.6 is 0 Å². The molecule has 1 atom stereocenters. The molecule has 0 saturated heterocycles. The second kappa shape index (κ2) is 8.90. The monoisotopic (exact) mass is 411 g/mol.